The molecule has 0 aliphatic rings. The Bertz CT molecular complexity index is 636. The number of carboxylic acids is 1. The highest BCUT2D eigenvalue weighted by Crippen LogP contribution is 2.12. The van der Waals surface area contributed by atoms with Gasteiger partial charge in [0.1, 0.15) is 5.76 Å². The summed E-state index contributed by atoms with van der Waals surface area (Å²) in [6.45, 7) is 0.167. The zero-order valence-electron chi connectivity index (χ0n) is 10.4. The number of furan rings is 1. The molecule has 1 aromatic carbocycles. The Morgan fingerprint density at radius 2 is 2.05 bits per heavy atom. The summed E-state index contributed by atoms with van der Waals surface area (Å²) in [5.74, 6) is -1.01. The maximum atomic E-state index is 11.8. The largest absolute Gasteiger partial charge is 0.475 e. The molecule has 2 aromatic rings. The Kier molecular flexibility index (Phi) is 4.57. The molecule has 0 bridgehead atoms. The third-order valence-electron chi connectivity index (χ3n) is 2.59. The summed E-state index contributed by atoms with van der Waals surface area (Å²) in [7, 11) is 0. The lowest BCUT2D eigenvalue weighted by Gasteiger charge is -2.04. The zero-order chi connectivity index (χ0) is 14.5. The molecule has 0 saturated carbocycles. The van der Waals surface area contributed by atoms with Crippen LogP contribution in [0.2, 0.25) is 0 Å². The average molecular weight is 338 g/mol. The third-order valence-corrected chi connectivity index (χ3v) is 3.08. The Balaban J connectivity index is 1.87. The Hall–Kier alpha value is -2.08. The van der Waals surface area contributed by atoms with E-state index in [1.807, 2.05) is 24.3 Å². The summed E-state index contributed by atoms with van der Waals surface area (Å²) in [6, 6.07) is 10.4. The fourth-order valence-electron chi connectivity index (χ4n) is 1.67. The molecule has 0 aliphatic carbocycles. The SMILES string of the molecule is O=C(Cc1cccc(Br)c1)NCc1ccc(C(=O)O)o1. The molecule has 0 saturated heterocycles. The van der Waals surface area contributed by atoms with E-state index in [9.17, 15) is 9.59 Å². The molecule has 1 heterocycles. The van der Waals surface area contributed by atoms with E-state index in [4.69, 9.17) is 9.52 Å². The van der Waals surface area contributed by atoms with E-state index in [2.05, 4.69) is 21.2 Å². The number of benzene rings is 1. The van der Waals surface area contributed by atoms with Crippen molar-refractivity contribution in [3.05, 3.63) is 58.0 Å². The van der Waals surface area contributed by atoms with E-state index in [-0.39, 0.29) is 24.6 Å². The van der Waals surface area contributed by atoms with Crippen LogP contribution < -0.4 is 5.32 Å². The first-order valence-corrected chi connectivity index (χ1v) is 6.67. The lowest BCUT2D eigenvalue weighted by atomic mass is 10.1. The molecule has 104 valence electrons. The molecule has 2 N–H and O–H groups in total. The fraction of sp³-hybridized carbons (Fsp3) is 0.143. The van der Waals surface area contributed by atoms with Gasteiger partial charge in [0.25, 0.3) is 0 Å². The number of hydrogen-bond acceptors (Lipinski definition) is 3. The highest BCUT2D eigenvalue weighted by molar-refractivity contribution is 9.10. The van der Waals surface area contributed by atoms with Crippen molar-refractivity contribution >= 4 is 27.8 Å². The van der Waals surface area contributed by atoms with E-state index < -0.39 is 5.97 Å². The average Bonchev–Trinajstić information content (AvgIpc) is 2.85. The normalized spacial score (nSPS) is 10.2. The summed E-state index contributed by atoms with van der Waals surface area (Å²) in [4.78, 5) is 22.4. The molecule has 0 aliphatic heterocycles. The molecule has 2 rings (SSSR count). The number of halogens is 1. The standard InChI is InChI=1S/C14H12BrNO4/c15-10-3-1-2-9(6-10)7-13(17)16-8-11-4-5-12(20-11)14(18)19/h1-6H,7-8H2,(H,16,17)(H,18,19). The number of carboxylic acid groups (broad SMARTS) is 1. The molecule has 0 unspecified atom stereocenters. The molecule has 6 heteroatoms. The van der Waals surface area contributed by atoms with Crippen molar-refractivity contribution in [1.82, 2.24) is 5.32 Å². The summed E-state index contributed by atoms with van der Waals surface area (Å²) < 4.78 is 5.96. The highest BCUT2D eigenvalue weighted by Gasteiger charge is 2.10. The molecular formula is C14H12BrNO4. The summed E-state index contributed by atoms with van der Waals surface area (Å²) in [5, 5.41) is 11.4. The van der Waals surface area contributed by atoms with Gasteiger partial charge in [-0.05, 0) is 29.8 Å². The number of carbonyl (C=O) groups is 2. The van der Waals surface area contributed by atoms with Gasteiger partial charge >= 0.3 is 5.97 Å². The minimum absolute atomic E-state index is 0.138. The van der Waals surface area contributed by atoms with Gasteiger partial charge in [0, 0.05) is 4.47 Å². The van der Waals surface area contributed by atoms with Gasteiger partial charge in [0.15, 0.2) is 0 Å². The van der Waals surface area contributed by atoms with Crippen LogP contribution in [0.3, 0.4) is 0 Å². The molecule has 5 nitrogen and oxygen atoms in total. The molecule has 1 amide bonds. The van der Waals surface area contributed by atoms with Crippen LogP contribution in [0.5, 0.6) is 0 Å². The van der Waals surface area contributed by atoms with Crippen LogP contribution in [0.4, 0.5) is 0 Å². The summed E-state index contributed by atoms with van der Waals surface area (Å²) in [5.41, 5.74) is 0.891. The molecule has 1 aromatic heterocycles. The van der Waals surface area contributed by atoms with Gasteiger partial charge in [-0.25, -0.2) is 4.79 Å². The second-order valence-electron chi connectivity index (χ2n) is 4.15. The minimum atomic E-state index is -1.13. The van der Waals surface area contributed by atoms with Crippen LogP contribution in [0.1, 0.15) is 21.9 Å². The van der Waals surface area contributed by atoms with E-state index in [0.717, 1.165) is 10.0 Å². The van der Waals surface area contributed by atoms with E-state index in [1.54, 1.807) is 0 Å². The lowest BCUT2D eigenvalue weighted by Crippen LogP contribution is -2.24. The highest BCUT2D eigenvalue weighted by atomic mass is 79.9. The van der Waals surface area contributed by atoms with Gasteiger partial charge in [0.05, 0.1) is 13.0 Å². The van der Waals surface area contributed by atoms with E-state index >= 15 is 0 Å². The smallest absolute Gasteiger partial charge is 0.371 e. The summed E-state index contributed by atoms with van der Waals surface area (Å²) in [6.07, 6.45) is 0.256. The van der Waals surface area contributed by atoms with Crippen molar-refractivity contribution in [1.29, 1.82) is 0 Å². The van der Waals surface area contributed by atoms with Gasteiger partial charge in [-0.15, -0.1) is 0 Å². The molecule has 0 fully saturated rings. The number of hydrogen-bond donors (Lipinski definition) is 2. The molecule has 20 heavy (non-hydrogen) atoms. The Labute approximate surface area is 123 Å². The number of nitrogens with one attached hydrogen (secondary N) is 1. The summed E-state index contributed by atoms with van der Waals surface area (Å²) >= 11 is 3.34. The predicted octanol–water partition coefficient (Wildman–Crippen LogP) is 2.60. The number of aromatic carboxylic acids is 1. The number of amides is 1. The van der Waals surface area contributed by atoms with E-state index in [1.165, 1.54) is 12.1 Å². The van der Waals surface area contributed by atoms with Crippen molar-refractivity contribution in [3.63, 3.8) is 0 Å². The quantitative estimate of drug-likeness (QED) is 0.878. The van der Waals surface area contributed by atoms with Gasteiger partial charge < -0.3 is 14.8 Å². The first kappa shape index (κ1) is 14.3. The van der Waals surface area contributed by atoms with E-state index in [0.29, 0.717) is 5.76 Å². The van der Waals surface area contributed by atoms with Gasteiger partial charge in [0.2, 0.25) is 11.7 Å². The second kappa shape index (κ2) is 6.38. The second-order valence-corrected chi connectivity index (χ2v) is 5.07. The Morgan fingerprint density at radius 3 is 2.70 bits per heavy atom. The van der Waals surface area contributed by atoms with Crippen molar-refractivity contribution < 1.29 is 19.1 Å². The van der Waals surface area contributed by atoms with Crippen LogP contribution in [0, 0.1) is 0 Å². The monoisotopic (exact) mass is 337 g/mol. The maximum Gasteiger partial charge on any atom is 0.371 e. The third kappa shape index (κ3) is 3.96. The fourth-order valence-corrected chi connectivity index (χ4v) is 2.12. The molecular weight excluding hydrogens is 326 g/mol. The van der Waals surface area contributed by atoms with Crippen LogP contribution in [-0.4, -0.2) is 17.0 Å². The molecule has 0 spiro atoms. The maximum absolute atomic E-state index is 11.8. The predicted molar refractivity (Wildman–Crippen MR) is 75.4 cm³/mol. The Morgan fingerprint density at radius 1 is 1.25 bits per heavy atom. The van der Waals surface area contributed by atoms with Gasteiger partial charge in [-0.2, -0.15) is 0 Å². The van der Waals surface area contributed by atoms with Crippen LogP contribution in [0.15, 0.2) is 45.3 Å². The number of rotatable bonds is 5. The topological polar surface area (TPSA) is 79.5 Å². The van der Waals surface area contributed by atoms with Crippen molar-refractivity contribution in [2.75, 3.05) is 0 Å². The van der Waals surface area contributed by atoms with Crippen molar-refractivity contribution in [2.24, 2.45) is 0 Å². The molecule has 0 atom stereocenters. The molecule has 0 radical (unpaired) electrons. The first-order chi connectivity index (χ1) is 9.54. The van der Waals surface area contributed by atoms with Gasteiger partial charge in [-0.3, -0.25) is 4.79 Å². The van der Waals surface area contributed by atoms with Crippen molar-refractivity contribution in [3.8, 4) is 0 Å². The van der Waals surface area contributed by atoms with Crippen LogP contribution >= 0.6 is 15.9 Å². The van der Waals surface area contributed by atoms with Crippen molar-refractivity contribution in [2.45, 2.75) is 13.0 Å². The zero-order valence-corrected chi connectivity index (χ0v) is 12.0. The van der Waals surface area contributed by atoms with Crippen LogP contribution in [0.25, 0.3) is 0 Å². The van der Waals surface area contributed by atoms with Crippen LogP contribution in [-0.2, 0) is 17.8 Å². The number of carbonyl (C=O) groups excluding carboxylic acids is 1. The minimum Gasteiger partial charge on any atom is -0.475 e. The first-order valence-electron chi connectivity index (χ1n) is 5.88. The lowest BCUT2D eigenvalue weighted by molar-refractivity contribution is -0.120. The van der Waals surface area contributed by atoms with Gasteiger partial charge in [-0.1, -0.05) is 28.1 Å².